The third-order valence-corrected chi connectivity index (χ3v) is 8.49. The van der Waals surface area contributed by atoms with E-state index in [1.807, 2.05) is 37.3 Å². The maximum atomic E-state index is 13.0. The summed E-state index contributed by atoms with van der Waals surface area (Å²) in [4.78, 5) is 13.0. The van der Waals surface area contributed by atoms with Crippen LogP contribution in [-0.4, -0.2) is 37.5 Å². The molecule has 1 saturated heterocycles. The summed E-state index contributed by atoms with van der Waals surface area (Å²) >= 11 is 0. The summed E-state index contributed by atoms with van der Waals surface area (Å²) in [6.45, 7) is 9.01. The van der Waals surface area contributed by atoms with Crippen molar-refractivity contribution in [2.24, 2.45) is 5.92 Å². The molecule has 1 fully saturated rings. The molecule has 0 aliphatic carbocycles. The number of nitrogens with zero attached hydrogens (tertiary/aromatic N) is 1. The van der Waals surface area contributed by atoms with Crippen molar-refractivity contribution in [3.05, 3.63) is 70.3 Å². The average molecular weight is 457 g/mol. The van der Waals surface area contributed by atoms with Crippen molar-refractivity contribution in [2.75, 3.05) is 18.8 Å². The fourth-order valence-corrected chi connectivity index (χ4v) is 6.08. The number of benzene rings is 2. The molecule has 5 nitrogen and oxygen atoms in total. The van der Waals surface area contributed by atoms with E-state index in [-0.39, 0.29) is 30.2 Å². The lowest BCUT2D eigenvalue weighted by atomic mass is 9.95. The Labute approximate surface area is 193 Å². The van der Waals surface area contributed by atoms with Gasteiger partial charge in [0.2, 0.25) is 15.9 Å². The first-order valence-corrected chi connectivity index (χ1v) is 13.2. The van der Waals surface area contributed by atoms with Gasteiger partial charge in [-0.25, -0.2) is 12.7 Å². The SMILES string of the molecule is Cc1cc(C)c([C@@H](C)NC(=O)[C@@H]2CCCN(S(=O)(=O)CCCc3ccccc3)C2)cc1C. The predicted octanol–water partition coefficient (Wildman–Crippen LogP) is 4.46. The van der Waals surface area contributed by atoms with Gasteiger partial charge in [-0.1, -0.05) is 42.5 Å². The van der Waals surface area contributed by atoms with Crippen LogP contribution in [0.4, 0.5) is 0 Å². The maximum absolute atomic E-state index is 13.0. The Morgan fingerprint density at radius 2 is 1.78 bits per heavy atom. The van der Waals surface area contributed by atoms with Gasteiger partial charge in [-0.3, -0.25) is 4.79 Å². The summed E-state index contributed by atoms with van der Waals surface area (Å²) in [6.07, 6.45) is 2.76. The molecule has 1 aliphatic heterocycles. The molecular weight excluding hydrogens is 420 g/mol. The van der Waals surface area contributed by atoms with E-state index < -0.39 is 10.0 Å². The van der Waals surface area contributed by atoms with Crippen LogP contribution < -0.4 is 5.32 Å². The molecule has 0 aromatic heterocycles. The molecule has 2 aromatic rings. The minimum Gasteiger partial charge on any atom is -0.349 e. The molecule has 3 rings (SSSR count). The molecule has 2 aromatic carbocycles. The van der Waals surface area contributed by atoms with Gasteiger partial charge in [0.15, 0.2) is 0 Å². The molecule has 0 radical (unpaired) electrons. The van der Waals surface area contributed by atoms with Gasteiger partial charge in [0, 0.05) is 13.1 Å². The normalized spacial score (nSPS) is 18.3. The number of amides is 1. The average Bonchev–Trinajstić information content (AvgIpc) is 2.77. The van der Waals surface area contributed by atoms with Crippen LogP contribution in [0.25, 0.3) is 0 Å². The van der Waals surface area contributed by atoms with Gasteiger partial charge >= 0.3 is 0 Å². The van der Waals surface area contributed by atoms with E-state index in [0.29, 0.717) is 19.4 Å². The lowest BCUT2D eigenvalue weighted by Gasteiger charge is -2.32. The summed E-state index contributed by atoms with van der Waals surface area (Å²) in [5.74, 6) is -0.240. The first-order valence-electron chi connectivity index (χ1n) is 11.6. The molecular formula is C26H36N2O3S. The van der Waals surface area contributed by atoms with Gasteiger partial charge in [0.1, 0.15) is 0 Å². The fraction of sp³-hybridized carbons (Fsp3) is 0.500. The van der Waals surface area contributed by atoms with Gasteiger partial charge in [0.05, 0.1) is 17.7 Å². The van der Waals surface area contributed by atoms with Crippen LogP contribution in [0.15, 0.2) is 42.5 Å². The highest BCUT2D eigenvalue weighted by atomic mass is 32.2. The Morgan fingerprint density at radius 1 is 1.09 bits per heavy atom. The van der Waals surface area contributed by atoms with Crippen molar-refractivity contribution in [1.82, 2.24) is 9.62 Å². The van der Waals surface area contributed by atoms with E-state index in [9.17, 15) is 13.2 Å². The molecule has 0 saturated carbocycles. The molecule has 1 N–H and O–H groups in total. The van der Waals surface area contributed by atoms with Crippen molar-refractivity contribution < 1.29 is 13.2 Å². The lowest BCUT2D eigenvalue weighted by molar-refractivity contribution is -0.126. The van der Waals surface area contributed by atoms with Crippen LogP contribution in [0.5, 0.6) is 0 Å². The van der Waals surface area contributed by atoms with Crippen molar-refractivity contribution in [3.8, 4) is 0 Å². The van der Waals surface area contributed by atoms with E-state index in [2.05, 4.69) is 38.2 Å². The minimum atomic E-state index is -3.36. The van der Waals surface area contributed by atoms with Crippen molar-refractivity contribution in [3.63, 3.8) is 0 Å². The molecule has 174 valence electrons. The van der Waals surface area contributed by atoms with Crippen LogP contribution in [0, 0.1) is 26.7 Å². The quantitative estimate of drug-likeness (QED) is 0.638. The Kier molecular flexibility index (Phi) is 8.12. The molecule has 2 atom stereocenters. The first-order chi connectivity index (χ1) is 15.2. The number of aryl methyl sites for hydroxylation is 4. The maximum Gasteiger partial charge on any atom is 0.224 e. The smallest absolute Gasteiger partial charge is 0.224 e. The Balaban J connectivity index is 1.57. The van der Waals surface area contributed by atoms with Crippen molar-refractivity contribution >= 4 is 15.9 Å². The summed E-state index contributed by atoms with van der Waals surface area (Å²) in [7, 11) is -3.36. The number of carbonyl (C=O) groups is 1. The standard InChI is InChI=1S/C26H36N2O3S/c1-19-16-21(3)25(17-20(19)2)22(4)27-26(29)24-13-8-14-28(18-24)32(30,31)15-9-12-23-10-6-5-7-11-23/h5-7,10-11,16-17,22,24H,8-9,12-15,18H2,1-4H3,(H,27,29)/t22-,24-/m1/s1. The minimum absolute atomic E-state index is 0.0562. The number of hydrogen-bond donors (Lipinski definition) is 1. The molecule has 0 spiro atoms. The summed E-state index contributed by atoms with van der Waals surface area (Å²) in [6, 6.07) is 14.1. The molecule has 1 heterocycles. The molecule has 0 bridgehead atoms. The van der Waals surface area contributed by atoms with Crippen LogP contribution in [0.2, 0.25) is 0 Å². The molecule has 1 aliphatic rings. The second-order valence-corrected chi connectivity index (χ2v) is 11.2. The topological polar surface area (TPSA) is 66.5 Å². The summed E-state index contributed by atoms with van der Waals surface area (Å²) in [5.41, 5.74) is 5.87. The van der Waals surface area contributed by atoms with E-state index in [1.54, 1.807) is 0 Å². The number of piperidine rings is 1. The number of carbonyl (C=O) groups excluding carboxylic acids is 1. The van der Waals surface area contributed by atoms with E-state index in [4.69, 9.17) is 0 Å². The van der Waals surface area contributed by atoms with E-state index in [1.165, 1.54) is 15.4 Å². The molecule has 0 unspecified atom stereocenters. The van der Waals surface area contributed by atoms with Gasteiger partial charge in [-0.05, 0) is 81.2 Å². The Bertz CT molecular complexity index is 1030. The number of nitrogens with one attached hydrogen (secondary N) is 1. The zero-order valence-corrected chi connectivity index (χ0v) is 20.5. The van der Waals surface area contributed by atoms with Gasteiger partial charge in [-0.15, -0.1) is 0 Å². The Morgan fingerprint density at radius 3 is 2.50 bits per heavy atom. The van der Waals surface area contributed by atoms with Gasteiger partial charge < -0.3 is 5.32 Å². The highest BCUT2D eigenvalue weighted by Gasteiger charge is 2.32. The summed E-state index contributed by atoms with van der Waals surface area (Å²) in [5, 5.41) is 3.13. The second kappa shape index (κ2) is 10.6. The molecule has 1 amide bonds. The number of rotatable bonds is 8. The molecule has 32 heavy (non-hydrogen) atoms. The third-order valence-electron chi connectivity index (χ3n) is 6.57. The zero-order chi connectivity index (χ0) is 23.3. The van der Waals surface area contributed by atoms with E-state index in [0.717, 1.165) is 29.5 Å². The largest absolute Gasteiger partial charge is 0.349 e. The summed E-state index contributed by atoms with van der Waals surface area (Å²) < 4.78 is 27.3. The monoisotopic (exact) mass is 456 g/mol. The molecule has 6 heteroatoms. The lowest BCUT2D eigenvalue weighted by Crippen LogP contribution is -2.46. The fourth-order valence-electron chi connectivity index (χ4n) is 4.50. The third kappa shape index (κ3) is 6.20. The number of sulfonamides is 1. The predicted molar refractivity (Wildman–Crippen MR) is 130 cm³/mol. The van der Waals surface area contributed by atoms with Crippen LogP contribution in [0.3, 0.4) is 0 Å². The van der Waals surface area contributed by atoms with E-state index >= 15 is 0 Å². The highest BCUT2D eigenvalue weighted by molar-refractivity contribution is 7.89. The second-order valence-electron chi connectivity index (χ2n) is 9.13. The highest BCUT2D eigenvalue weighted by Crippen LogP contribution is 2.24. The van der Waals surface area contributed by atoms with Crippen molar-refractivity contribution in [2.45, 2.75) is 59.4 Å². The van der Waals surface area contributed by atoms with Crippen LogP contribution in [-0.2, 0) is 21.2 Å². The zero-order valence-electron chi connectivity index (χ0n) is 19.7. The Hall–Kier alpha value is -2.18. The van der Waals surface area contributed by atoms with Crippen LogP contribution in [0.1, 0.15) is 60.0 Å². The van der Waals surface area contributed by atoms with Crippen molar-refractivity contribution in [1.29, 1.82) is 0 Å². The van der Waals surface area contributed by atoms with Gasteiger partial charge in [0.25, 0.3) is 0 Å². The first kappa shape index (κ1) is 24.5. The van der Waals surface area contributed by atoms with Gasteiger partial charge in [-0.2, -0.15) is 0 Å². The number of hydrogen-bond acceptors (Lipinski definition) is 3. The van der Waals surface area contributed by atoms with Crippen LogP contribution >= 0.6 is 0 Å².